The lowest BCUT2D eigenvalue weighted by atomic mass is 9.86. The van der Waals surface area contributed by atoms with Gasteiger partial charge >= 0.3 is 0 Å². The third kappa shape index (κ3) is 4.91. The van der Waals surface area contributed by atoms with Crippen LogP contribution in [0.3, 0.4) is 0 Å². The summed E-state index contributed by atoms with van der Waals surface area (Å²) in [6.45, 7) is 8.31. The van der Waals surface area contributed by atoms with Crippen molar-refractivity contribution in [2.45, 2.75) is 37.7 Å². The predicted molar refractivity (Wildman–Crippen MR) is 109 cm³/mol. The molecule has 0 N–H and O–H groups in total. The van der Waals surface area contributed by atoms with E-state index >= 15 is 0 Å². The monoisotopic (exact) mass is 386 g/mol. The van der Waals surface area contributed by atoms with E-state index in [1.165, 1.54) is 13.1 Å². The molecule has 1 amide bonds. The average Bonchev–Trinajstić information content (AvgIpc) is 3.10. The van der Waals surface area contributed by atoms with Gasteiger partial charge in [-0.3, -0.25) is 9.78 Å². The number of carbonyl (C=O) groups excluding carboxylic acids is 1. The summed E-state index contributed by atoms with van der Waals surface area (Å²) in [4.78, 5) is 24.0. The normalized spacial score (nSPS) is 29.5. The molecule has 0 saturated carbocycles. The maximum atomic E-state index is 12.8. The van der Waals surface area contributed by atoms with Gasteiger partial charge in [-0.25, -0.2) is 0 Å². The minimum Gasteiger partial charge on any atom is -0.373 e. The van der Waals surface area contributed by atoms with Crippen molar-refractivity contribution < 1.29 is 9.53 Å². The lowest BCUT2D eigenvalue weighted by Crippen LogP contribution is -2.50. The number of pyridine rings is 1. The maximum absolute atomic E-state index is 12.8. The molecule has 0 radical (unpaired) electrons. The van der Waals surface area contributed by atoms with Crippen LogP contribution < -0.4 is 0 Å². The van der Waals surface area contributed by atoms with Crippen LogP contribution in [0.2, 0.25) is 0 Å². The number of likely N-dealkylation sites (N-methyl/N-ethyl adjacent to an activating group) is 1. The fraction of sp³-hybridized carbons (Fsp3) is 0.727. The van der Waals surface area contributed by atoms with Crippen molar-refractivity contribution in [2.24, 2.45) is 5.92 Å². The van der Waals surface area contributed by atoms with Crippen LogP contribution in [0.15, 0.2) is 24.5 Å². The quantitative estimate of drug-likeness (QED) is 0.770. The summed E-state index contributed by atoms with van der Waals surface area (Å²) < 4.78 is 6.36. The largest absolute Gasteiger partial charge is 0.373 e. The molecule has 1 spiro atoms. The molecule has 3 aliphatic heterocycles. The third-order valence-corrected chi connectivity index (χ3v) is 6.64. The number of aryl methyl sites for hydroxylation is 1. The Morgan fingerprint density at radius 2 is 2.14 bits per heavy atom. The molecule has 1 aromatic rings. The number of amides is 1. The first-order valence-electron chi connectivity index (χ1n) is 10.8. The van der Waals surface area contributed by atoms with Crippen molar-refractivity contribution in [1.29, 1.82) is 0 Å². The van der Waals surface area contributed by atoms with Crippen LogP contribution in [-0.4, -0.2) is 90.7 Å². The van der Waals surface area contributed by atoms with Crippen molar-refractivity contribution in [3.05, 3.63) is 30.1 Å². The highest BCUT2D eigenvalue weighted by Gasteiger charge is 2.44. The van der Waals surface area contributed by atoms with Crippen LogP contribution in [0.1, 0.15) is 31.2 Å². The average molecular weight is 387 g/mol. The smallest absolute Gasteiger partial charge is 0.223 e. The first-order valence-corrected chi connectivity index (χ1v) is 10.8. The van der Waals surface area contributed by atoms with Crippen molar-refractivity contribution in [3.8, 4) is 0 Å². The van der Waals surface area contributed by atoms with E-state index in [4.69, 9.17) is 4.74 Å². The van der Waals surface area contributed by atoms with Crippen LogP contribution in [-0.2, 0) is 16.0 Å². The van der Waals surface area contributed by atoms with Gasteiger partial charge in [0.2, 0.25) is 5.91 Å². The van der Waals surface area contributed by atoms with E-state index < -0.39 is 0 Å². The Balaban J connectivity index is 1.26. The van der Waals surface area contributed by atoms with Gasteiger partial charge in [-0.15, -0.1) is 0 Å². The number of piperazine rings is 1. The second-order valence-electron chi connectivity index (χ2n) is 8.95. The summed E-state index contributed by atoms with van der Waals surface area (Å²) in [6.07, 6.45) is 8.21. The molecule has 28 heavy (non-hydrogen) atoms. The van der Waals surface area contributed by atoms with E-state index in [1.54, 1.807) is 6.20 Å². The van der Waals surface area contributed by atoms with Crippen molar-refractivity contribution in [3.63, 3.8) is 0 Å². The fourth-order valence-corrected chi connectivity index (χ4v) is 5.00. The van der Waals surface area contributed by atoms with Crippen LogP contribution in [0.25, 0.3) is 0 Å². The van der Waals surface area contributed by atoms with Gasteiger partial charge in [0.05, 0.1) is 12.2 Å². The van der Waals surface area contributed by atoms with E-state index in [0.29, 0.717) is 12.3 Å². The van der Waals surface area contributed by atoms with E-state index in [1.807, 2.05) is 18.3 Å². The number of likely N-dealkylation sites (tertiary alicyclic amines) is 1. The topological polar surface area (TPSA) is 48.9 Å². The predicted octanol–water partition coefficient (Wildman–Crippen LogP) is 1.66. The van der Waals surface area contributed by atoms with E-state index in [9.17, 15) is 4.79 Å². The number of ether oxygens (including phenoxy) is 1. The number of carbonyl (C=O) groups is 1. The minimum atomic E-state index is -0.0978. The molecule has 0 unspecified atom stereocenters. The summed E-state index contributed by atoms with van der Waals surface area (Å²) in [7, 11) is 2.20. The van der Waals surface area contributed by atoms with Gasteiger partial charge in [0, 0.05) is 64.6 Å². The third-order valence-electron chi connectivity index (χ3n) is 6.64. The minimum absolute atomic E-state index is 0.0978. The van der Waals surface area contributed by atoms with Crippen LogP contribution >= 0.6 is 0 Å². The summed E-state index contributed by atoms with van der Waals surface area (Å²) in [5.74, 6) is 0.864. The molecule has 6 nitrogen and oxygen atoms in total. The number of hydrogen-bond acceptors (Lipinski definition) is 5. The molecule has 3 aliphatic rings. The van der Waals surface area contributed by atoms with Crippen molar-refractivity contribution in [1.82, 2.24) is 19.7 Å². The van der Waals surface area contributed by atoms with Gasteiger partial charge in [0.15, 0.2) is 0 Å². The van der Waals surface area contributed by atoms with Crippen LogP contribution in [0, 0.1) is 5.92 Å². The number of aromatic nitrogens is 1. The fourth-order valence-electron chi connectivity index (χ4n) is 5.00. The summed E-state index contributed by atoms with van der Waals surface area (Å²) >= 11 is 0. The van der Waals surface area contributed by atoms with Gasteiger partial charge in [-0.2, -0.15) is 0 Å². The number of piperidine rings is 1. The Kier molecular flexibility index (Phi) is 6.28. The molecule has 154 valence electrons. The molecule has 2 atom stereocenters. The van der Waals surface area contributed by atoms with Crippen molar-refractivity contribution >= 4 is 5.91 Å². The lowest BCUT2D eigenvalue weighted by Gasteiger charge is -2.40. The molecule has 4 rings (SSSR count). The molecule has 4 heterocycles. The van der Waals surface area contributed by atoms with E-state index in [2.05, 4.69) is 26.7 Å². The van der Waals surface area contributed by atoms with Crippen LogP contribution in [0.4, 0.5) is 0 Å². The molecular formula is C22H34N4O2. The second kappa shape index (κ2) is 8.89. The zero-order valence-electron chi connectivity index (χ0n) is 17.2. The van der Waals surface area contributed by atoms with Gasteiger partial charge in [-0.05, 0) is 50.3 Å². The van der Waals surface area contributed by atoms with Gasteiger partial charge < -0.3 is 19.4 Å². The molecule has 0 aromatic carbocycles. The molecule has 0 aliphatic carbocycles. The maximum Gasteiger partial charge on any atom is 0.223 e. The van der Waals surface area contributed by atoms with Crippen molar-refractivity contribution in [2.75, 3.05) is 59.5 Å². The SMILES string of the molecule is CN1CCN(C[C@@H]2CO[C@@]3(CCCN(C(=O)CCc4cccnc4)C3)C2)CC1. The number of rotatable bonds is 5. The molecule has 3 fully saturated rings. The Morgan fingerprint density at radius 1 is 1.29 bits per heavy atom. The molecule has 0 bridgehead atoms. The van der Waals surface area contributed by atoms with Gasteiger partial charge in [-0.1, -0.05) is 6.07 Å². The Bertz CT molecular complexity index is 647. The second-order valence-corrected chi connectivity index (χ2v) is 8.95. The summed E-state index contributed by atoms with van der Waals surface area (Å²) in [5, 5.41) is 0. The van der Waals surface area contributed by atoms with Crippen LogP contribution in [0.5, 0.6) is 0 Å². The summed E-state index contributed by atoms with van der Waals surface area (Å²) in [6, 6.07) is 3.98. The Labute approximate surface area is 168 Å². The van der Waals surface area contributed by atoms with Gasteiger partial charge in [0.25, 0.3) is 0 Å². The Morgan fingerprint density at radius 3 is 2.93 bits per heavy atom. The molecule has 1 aromatic heterocycles. The number of nitrogens with zero attached hydrogens (tertiary/aromatic N) is 4. The summed E-state index contributed by atoms with van der Waals surface area (Å²) in [5.41, 5.74) is 1.03. The zero-order valence-corrected chi connectivity index (χ0v) is 17.2. The standard InChI is InChI=1S/C22H34N4O2/c1-24-10-12-25(13-11-24)16-20-14-22(28-17-20)7-3-9-26(18-22)21(27)6-5-19-4-2-8-23-15-19/h2,4,8,15,20H,3,5-7,9-14,16-18H2,1H3/t20-,22+/m1/s1. The molecule has 6 heteroatoms. The van der Waals surface area contributed by atoms with E-state index in [0.717, 1.165) is 70.6 Å². The van der Waals surface area contributed by atoms with E-state index in [-0.39, 0.29) is 11.5 Å². The zero-order chi connectivity index (χ0) is 19.4. The van der Waals surface area contributed by atoms with Gasteiger partial charge in [0.1, 0.15) is 0 Å². The highest BCUT2D eigenvalue weighted by atomic mass is 16.5. The number of hydrogen-bond donors (Lipinski definition) is 0. The highest BCUT2D eigenvalue weighted by Crippen LogP contribution is 2.38. The first kappa shape index (κ1) is 19.8. The lowest BCUT2D eigenvalue weighted by molar-refractivity contribution is -0.139. The Hall–Kier alpha value is -1.50. The first-order chi connectivity index (χ1) is 13.6. The highest BCUT2D eigenvalue weighted by molar-refractivity contribution is 5.76. The molecule has 3 saturated heterocycles. The molecular weight excluding hydrogens is 352 g/mol.